The molecule has 0 amide bonds. The molecule has 1 unspecified atom stereocenters. The lowest BCUT2D eigenvalue weighted by molar-refractivity contribution is 0.279. The second kappa shape index (κ2) is 6.06. The van der Waals surface area contributed by atoms with Gasteiger partial charge in [-0.25, -0.2) is 0 Å². The van der Waals surface area contributed by atoms with Crippen LogP contribution in [0.5, 0.6) is 0 Å². The fourth-order valence-electron chi connectivity index (χ4n) is 2.90. The van der Waals surface area contributed by atoms with Crippen LogP contribution in [-0.4, -0.2) is 30.1 Å². The van der Waals surface area contributed by atoms with E-state index in [1.165, 1.54) is 6.42 Å². The predicted octanol–water partition coefficient (Wildman–Crippen LogP) is 2.02. The van der Waals surface area contributed by atoms with E-state index >= 15 is 0 Å². The number of rotatable bonds is 5. The van der Waals surface area contributed by atoms with E-state index in [0.717, 1.165) is 42.6 Å². The Morgan fingerprint density at radius 2 is 2.32 bits per heavy atom. The van der Waals surface area contributed by atoms with Gasteiger partial charge >= 0.3 is 0 Å². The molecule has 104 valence electrons. The van der Waals surface area contributed by atoms with Gasteiger partial charge in [0.05, 0.1) is 0 Å². The summed E-state index contributed by atoms with van der Waals surface area (Å²) in [6.45, 7) is 3.28. The number of nitrogens with zero attached hydrogens (tertiary/aromatic N) is 1. The molecule has 1 aliphatic heterocycles. The molecule has 1 atom stereocenters. The third-order valence-corrected chi connectivity index (χ3v) is 3.82. The summed E-state index contributed by atoms with van der Waals surface area (Å²) in [5, 5.41) is 16.7. The lowest BCUT2D eigenvalue weighted by Crippen LogP contribution is -2.31. The molecule has 0 aromatic heterocycles. The molecule has 1 aliphatic rings. The highest BCUT2D eigenvalue weighted by molar-refractivity contribution is 6.00. The van der Waals surface area contributed by atoms with Crippen molar-refractivity contribution in [3.05, 3.63) is 29.3 Å². The maximum absolute atomic E-state index is 8.99. The third kappa shape index (κ3) is 3.07. The molecule has 2 rings (SSSR count). The van der Waals surface area contributed by atoms with E-state index in [9.17, 15) is 0 Å². The van der Waals surface area contributed by atoms with Crippen molar-refractivity contribution in [3.63, 3.8) is 0 Å². The lowest BCUT2D eigenvalue weighted by Gasteiger charge is -2.29. The highest BCUT2D eigenvalue weighted by Gasteiger charge is 2.26. The quantitative estimate of drug-likeness (QED) is 0.561. The van der Waals surface area contributed by atoms with E-state index in [4.69, 9.17) is 16.2 Å². The standard InChI is InChI=1S/C15H23N3O/c1-11-6-7-14(13(10-11)15(16)17)18-8-2-4-12(18)5-3-9-19/h6-7,10,12,19H,2-5,8-9H2,1H3,(H3,16,17). The molecular formula is C15H23N3O. The van der Waals surface area contributed by atoms with Crippen LogP contribution in [0.1, 0.15) is 36.8 Å². The summed E-state index contributed by atoms with van der Waals surface area (Å²) in [5.74, 6) is 0.131. The SMILES string of the molecule is Cc1ccc(N2CCCC2CCCO)c(C(=N)N)c1. The Morgan fingerprint density at radius 1 is 1.53 bits per heavy atom. The van der Waals surface area contributed by atoms with Crippen LogP contribution in [0.15, 0.2) is 18.2 Å². The first-order chi connectivity index (χ1) is 9.13. The molecule has 1 fully saturated rings. The monoisotopic (exact) mass is 261 g/mol. The molecule has 4 heteroatoms. The number of nitrogen functional groups attached to an aromatic ring is 1. The second-order valence-corrected chi connectivity index (χ2v) is 5.29. The van der Waals surface area contributed by atoms with Crippen molar-refractivity contribution >= 4 is 11.5 Å². The summed E-state index contributed by atoms with van der Waals surface area (Å²) in [7, 11) is 0. The first kappa shape index (κ1) is 13.9. The second-order valence-electron chi connectivity index (χ2n) is 5.29. The van der Waals surface area contributed by atoms with Crippen LogP contribution >= 0.6 is 0 Å². The van der Waals surface area contributed by atoms with Crippen LogP contribution in [0.4, 0.5) is 5.69 Å². The minimum absolute atomic E-state index is 0.131. The summed E-state index contributed by atoms with van der Waals surface area (Å²) in [6, 6.07) is 6.60. The number of benzene rings is 1. The Labute approximate surface area is 114 Å². The Hall–Kier alpha value is -1.55. The van der Waals surface area contributed by atoms with E-state index in [1.807, 2.05) is 13.0 Å². The maximum Gasteiger partial charge on any atom is 0.124 e. The molecule has 0 spiro atoms. The average molecular weight is 261 g/mol. The molecular weight excluding hydrogens is 238 g/mol. The minimum Gasteiger partial charge on any atom is -0.396 e. The molecule has 1 aromatic carbocycles. The van der Waals surface area contributed by atoms with Gasteiger partial charge in [0.1, 0.15) is 5.84 Å². The number of hydrogen-bond donors (Lipinski definition) is 3. The first-order valence-electron chi connectivity index (χ1n) is 6.96. The largest absolute Gasteiger partial charge is 0.396 e. The fourth-order valence-corrected chi connectivity index (χ4v) is 2.90. The number of nitrogens with one attached hydrogen (secondary N) is 1. The van der Waals surface area contributed by atoms with Crippen molar-refractivity contribution in [3.8, 4) is 0 Å². The van der Waals surface area contributed by atoms with Gasteiger partial charge in [0.2, 0.25) is 0 Å². The number of anilines is 1. The average Bonchev–Trinajstić information content (AvgIpc) is 2.84. The van der Waals surface area contributed by atoms with Crippen LogP contribution in [0, 0.1) is 12.3 Å². The Kier molecular flexibility index (Phi) is 4.43. The summed E-state index contributed by atoms with van der Waals surface area (Å²) in [6.07, 6.45) is 4.16. The van der Waals surface area contributed by atoms with Crippen LogP contribution < -0.4 is 10.6 Å². The fraction of sp³-hybridized carbons (Fsp3) is 0.533. The number of amidine groups is 1. The molecule has 0 saturated carbocycles. The van der Waals surface area contributed by atoms with Crippen LogP contribution in [-0.2, 0) is 0 Å². The number of hydrogen-bond acceptors (Lipinski definition) is 3. The highest BCUT2D eigenvalue weighted by atomic mass is 16.2. The highest BCUT2D eigenvalue weighted by Crippen LogP contribution is 2.31. The number of aryl methyl sites for hydroxylation is 1. The van der Waals surface area contributed by atoms with Gasteiger partial charge in [-0.15, -0.1) is 0 Å². The van der Waals surface area contributed by atoms with Gasteiger partial charge in [0.15, 0.2) is 0 Å². The van der Waals surface area contributed by atoms with Gasteiger partial charge < -0.3 is 15.7 Å². The zero-order valence-corrected chi connectivity index (χ0v) is 11.5. The Bertz CT molecular complexity index is 459. The van der Waals surface area contributed by atoms with Crippen LogP contribution in [0.3, 0.4) is 0 Å². The zero-order valence-electron chi connectivity index (χ0n) is 11.5. The molecule has 4 nitrogen and oxygen atoms in total. The van der Waals surface area contributed by atoms with E-state index in [1.54, 1.807) is 0 Å². The molecule has 1 heterocycles. The summed E-state index contributed by atoms with van der Waals surface area (Å²) in [5.41, 5.74) is 8.74. The van der Waals surface area contributed by atoms with Crippen molar-refractivity contribution in [2.45, 2.75) is 38.6 Å². The van der Waals surface area contributed by atoms with E-state index in [2.05, 4.69) is 17.0 Å². The van der Waals surface area contributed by atoms with Gasteiger partial charge in [-0.2, -0.15) is 0 Å². The van der Waals surface area contributed by atoms with Crippen molar-refractivity contribution in [1.29, 1.82) is 5.41 Å². The summed E-state index contributed by atoms with van der Waals surface area (Å²) < 4.78 is 0. The number of nitrogens with two attached hydrogens (primary N) is 1. The molecule has 0 radical (unpaired) electrons. The molecule has 4 N–H and O–H groups in total. The Morgan fingerprint density at radius 3 is 3.00 bits per heavy atom. The van der Waals surface area contributed by atoms with Crippen LogP contribution in [0.25, 0.3) is 0 Å². The van der Waals surface area contributed by atoms with Crippen molar-refractivity contribution in [2.75, 3.05) is 18.1 Å². The Balaban J connectivity index is 2.27. The maximum atomic E-state index is 8.99. The molecule has 0 aliphatic carbocycles. The number of aliphatic hydroxyl groups is 1. The topological polar surface area (TPSA) is 73.3 Å². The molecule has 19 heavy (non-hydrogen) atoms. The van der Waals surface area contributed by atoms with Gasteiger partial charge in [-0.1, -0.05) is 11.6 Å². The lowest BCUT2D eigenvalue weighted by atomic mass is 10.0. The van der Waals surface area contributed by atoms with E-state index < -0.39 is 0 Å². The van der Waals surface area contributed by atoms with E-state index in [0.29, 0.717) is 6.04 Å². The van der Waals surface area contributed by atoms with Gasteiger partial charge in [-0.3, -0.25) is 5.41 Å². The smallest absolute Gasteiger partial charge is 0.124 e. The van der Waals surface area contributed by atoms with Crippen molar-refractivity contribution in [1.82, 2.24) is 0 Å². The third-order valence-electron chi connectivity index (χ3n) is 3.82. The molecule has 0 bridgehead atoms. The zero-order chi connectivity index (χ0) is 13.8. The van der Waals surface area contributed by atoms with Gasteiger partial charge in [-0.05, 0) is 44.7 Å². The molecule has 1 aromatic rings. The minimum atomic E-state index is 0.131. The normalized spacial score (nSPS) is 18.8. The number of aliphatic hydroxyl groups excluding tert-OH is 1. The van der Waals surface area contributed by atoms with E-state index in [-0.39, 0.29) is 12.4 Å². The van der Waals surface area contributed by atoms with Crippen LogP contribution in [0.2, 0.25) is 0 Å². The summed E-state index contributed by atoms with van der Waals surface area (Å²) in [4.78, 5) is 2.35. The predicted molar refractivity (Wildman–Crippen MR) is 78.9 cm³/mol. The first-order valence-corrected chi connectivity index (χ1v) is 6.96. The summed E-state index contributed by atoms with van der Waals surface area (Å²) >= 11 is 0. The molecule has 1 saturated heterocycles. The van der Waals surface area contributed by atoms with Crippen molar-refractivity contribution < 1.29 is 5.11 Å². The van der Waals surface area contributed by atoms with Crippen molar-refractivity contribution in [2.24, 2.45) is 5.73 Å². The van der Waals surface area contributed by atoms with Gasteiger partial charge in [0.25, 0.3) is 0 Å². The van der Waals surface area contributed by atoms with Gasteiger partial charge in [0, 0.05) is 30.4 Å².